The maximum absolute atomic E-state index is 4.70. The SMILES string of the molecule is CCCCc1ccc([PH+](c2ccc(CCCC)cc2)c2ccc(CCCC)cc2)cc1.CCCCc1ccc([PH+](c2ccc(CCCC)cc2)c2ccc(CCCC)cc2)cc1.[Cl][Ni][Cl]. The van der Waals surface area contributed by atoms with E-state index in [1.54, 1.807) is 0 Å². The van der Waals surface area contributed by atoms with E-state index in [1.165, 1.54) is 181 Å². The number of aryl methyl sites for hydroxylation is 6. The third-order valence-corrected chi connectivity index (χ3v) is 17.8. The van der Waals surface area contributed by atoms with E-state index in [2.05, 4.69) is 187 Å². The third kappa shape index (κ3) is 19.4. The Morgan fingerprint density at radius 1 is 0.262 bits per heavy atom. The van der Waals surface area contributed by atoms with Gasteiger partial charge in [0.25, 0.3) is 0 Å². The Kier molecular flexibility index (Phi) is 27.7. The summed E-state index contributed by atoms with van der Waals surface area (Å²) in [6.45, 7) is 13.6. The fourth-order valence-electron chi connectivity index (χ4n) is 8.31. The van der Waals surface area contributed by atoms with Crippen LogP contribution in [0.15, 0.2) is 146 Å². The minimum atomic E-state index is -0.987. The van der Waals surface area contributed by atoms with Gasteiger partial charge in [0.2, 0.25) is 0 Å². The molecule has 0 aliphatic heterocycles. The molecule has 0 unspecified atom stereocenters. The summed E-state index contributed by atoms with van der Waals surface area (Å²) in [6.07, 6.45) is 22.3. The molecule has 0 aliphatic rings. The molecule has 0 spiro atoms. The summed E-state index contributed by atoms with van der Waals surface area (Å²) in [5, 5.41) is 8.96. The van der Waals surface area contributed by atoms with E-state index in [-0.39, 0.29) is 0 Å². The van der Waals surface area contributed by atoms with Crippen LogP contribution in [0.2, 0.25) is 0 Å². The van der Waals surface area contributed by atoms with Gasteiger partial charge in [-0.15, -0.1) is 0 Å². The van der Waals surface area contributed by atoms with Gasteiger partial charge < -0.3 is 0 Å². The summed E-state index contributed by atoms with van der Waals surface area (Å²) in [5.41, 5.74) is 8.82. The summed E-state index contributed by atoms with van der Waals surface area (Å²) < 4.78 is 0. The van der Waals surface area contributed by atoms with Crippen molar-refractivity contribution in [3.63, 3.8) is 0 Å². The van der Waals surface area contributed by atoms with Gasteiger partial charge in [0.15, 0.2) is 0 Å². The summed E-state index contributed by atoms with van der Waals surface area (Å²) in [7, 11) is 7.43. The molecular formula is C60H80Cl2NiP2+2. The first-order chi connectivity index (χ1) is 31.9. The average Bonchev–Trinajstić information content (AvgIpc) is 3.35. The van der Waals surface area contributed by atoms with E-state index in [4.69, 9.17) is 20.4 Å². The molecule has 352 valence electrons. The fourth-order valence-corrected chi connectivity index (χ4v) is 13.3. The van der Waals surface area contributed by atoms with Crippen LogP contribution >= 0.6 is 36.2 Å². The first-order valence-electron chi connectivity index (χ1n) is 25.0. The molecule has 6 aromatic carbocycles. The molecule has 0 heterocycles. The van der Waals surface area contributed by atoms with Gasteiger partial charge in [0.05, 0.1) is 15.8 Å². The average molecular weight is 993 g/mol. The van der Waals surface area contributed by atoms with Crippen LogP contribution in [0.25, 0.3) is 0 Å². The molecule has 0 aromatic heterocycles. The molecule has 0 saturated heterocycles. The predicted molar refractivity (Wildman–Crippen MR) is 296 cm³/mol. The summed E-state index contributed by atoms with van der Waals surface area (Å²) >= 11 is 0.569. The van der Waals surface area contributed by atoms with Crippen LogP contribution in [0.5, 0.6) is 0 Å². The van der Waals surface area contributed by atoms with E-state index in [0.29, 0.717) is 12.7 Å². The molecule has 5 heteroatoms. The standard InChI is InChI=1S/2C30H39P.2ClH.Ni/c2*1-4-7-10-25-13-19-28(20-14-25)31(29-21-15-26(16-22-29)11-8-5-2)30-23-17-27(18-24-30)12-9-6-3;;;/h2*13-24H,4-12H2,1-3H3;2*1H;/q;;;;+2. The Balaban J connectivity index is 0.000000268. The van der Waals surface area contributed by atoms with Crippen molar-refractivity contribution < 1.29 is 12.7 Å². The fraction of sp³-hybridized carbons (Fsp3) is 0.400. The van der Waals surface area contributed by atoms with Crippen molar-refractivity contribution in [3.8, 4) is 0 Å². The molecular weight excluding hydrogens is 912 g/mol. The monoisotopic (exact) mass is 990 g/mol. The van der Waals surface area contributed by atoms with Gasteiger partial charge in [-0.1, -0.05) is 153 Å². The van der Waals surface area contributed by atoms with Gasteiger partial charge in [-0.25, -0.2) is 0 Å². The molecule has 6 aromatic rings. The molecule has 0 saturated carbocycles. The number of hydrogen-bond donors (Lipinski definition) is 0. The van der Waals surface area contributed by atoms with Gasteiger partial charge in [0, 0.05) is 0 Å². The van der Waals surface area contributed by atoms with Crippen molar-refractivity contribution in [1.82, 2.24) is 0 Å². The van der Waals surface area contributed by atoms with Gasteiger partial charge in [-0.3, -0.25) is 0 Å². The Morgan fingerprint density at radius 3 is 0.492 bits per heavy atom. The molecule has 65 heavy (non-hydrogen) atoms. The van der Waals surface area contributed by atoms with E-state index < -0.39 is 15.8 Å². The van der Waals surface area contributed by atoms with E-state index >= 15 is 0 Å². The van der Waals surface area contributed by atoms with Gasteiger partial charge in [0.1, 0.15) is 31.8 Å². The first kappa shape index (κ1) is 54.9. The molecule has 0 amide bonds. The Hall–Kier alpha value is -2.75. The molecule has 0 radical (unpaired) electrons. The van der Waals surface area contributed by atoms with Gasteiger partial charge in [-0.05, 0) is 183 Å². The number of rotatable bonds is 24. The molecule has 0 fully saturated rings. The second kappa shape index (κ2) is 32.9. The number of unbranched alkanes of at least 4 members (excludes halogenated alkanes) is 6. The van der Waals surface area contributed by atoms with Crippen molar-refractivity contribution in [1.29, 1.82) is 0 Å². The van der Waals surface area contributed by atoms with Crippen LogP contribution < -0.4 is 31.8 Å². The van der Waals surface area contributed by atoms with Crippen LogP contribution in [-0.2, 0) is 51.2 Å². The Bertz CT molecular complexity index is 1700. The Labute approximate surface area is 414 Å². The van der Waals surface area contributed by atoms with Crippen molar-refractivity contribution in [2.75, 3.05) is 0 Å². The molecule has 0 N–H and O–H groups in total. The number of halogens is 2. The normalized spacial score (nSPS) is 11.0. The van der Waals surface area contributed by atoms with Gasteiger partial charge >= 0.3 is 33.0 Å². The summed E-state index contributed by atoms with van der Waals surface area (Å²) in [4.78, 5) is 0. The summed E-state index contributed by atoms with van der Waals surface area (Å²) in [5.74, 6) is 0. The minimum absolute atomic E-state index is 0.569. The third-order valence-electron chi connectivity index (χ3n) is 12.4. The van der Waals surface area contributed by atoms with Crippen LogP contribution in [0.4, 0.5) is 0 Å². The zero-order valence-electron chi connectivity index (χ0n) is 40.7. The molecule has 0 nitrogen and oxygen atoms in total. The van der Waals surface area contributed by atoms with Crippen LogP contribution in [-0.4, -0.2) is 0 Å². The quantitative estimate of drug-likeness (QED) is 0.0419. The van der Waals surface area contributed by atoms with Crippen molar-refractivity contribution in [2.24, 2.45) is 0 Å². The van der Waals surface area contributed by atoms with Crippen molar-refractivity contribution in [3.05, 3.63) is 179 Å². The van der Waals surface area contributed by atoms with Crippen molar-refractivity contribution in [2.45, 2.75) is 157 Å². The second-order valence-corrected chi connectivity index (χ2v) is 24.2. The van der Waals surface area contributed by atoms with E-state index in [0.717, 1.165) is 0 Å². The van der Waals surface area contributed by atoms with E-state index in [1.807, 2.05) is 0 Å². The molecule has 0 atom stereocenters. The van der Waals surface area contributed by atoms with Crippen LogP contribution in [0.1, 0.15) is 152 Å². The zero-order valence-corrected chi connectivity index (χ0v) is 45.2. The number of hydrogen-bond acceptors (Lipinski definition) is 0. The van der Waals surface area contributed by atoms with E-state index in [9.17, 15) is 0 Å². The van der Waals surface area contributed by atoms with Crippen LogP contribution in [0.3, 0.4) is 0 Å². The molecule has 0 bridgehead atoms. The maximum atomic E-state index is 4.70. The Morgan fingerprint density at radius 2 is 0.385 bits per heavy atom. The topological polar surface area (TPSA) is 0 Å². The molecule has 6 rings (SSSR count). The zero-order chi connectivity index (χ0) is 46.5. The van der Waals surface area contributed by atoms with Crippen LogP contribution in [0, 0.1) is 0 Å². The molecule has 0 aliphatic carbocycles. The number of benzene rings is 6. The van der Waals surface area contributed by atoms with Gasteiger partial charge in [-0.2, -0.15) is 0 Å². The van der Waals surface area contributed by atoms with Crippen molar-refractivity contribution >= 4 is 68.1 Å². The first-order valence-corrected chi connectivity index (χ1v) is 30.7. The summed E-state index contributed by atoms with van der Waals surface area (Å²) in [6, 6.07) is 57.1. The second-order valence-electron chi connectivity index (χ2n) is 17.6. The predicted octanol–water partition coefficient (Wildman–Crippen LogP) is 15.8.